The Hall–Kier alpha value is -3.78. The first-order valence-corrected chi connectivity index (χ1v) is 13.4. The third kappa shape index (κ3) is 4.43. The van der Waals surface area contributed by atoms with Crippen molar-refractivity contribution in [2.45, 2.75) is 58.7 Å². The number of hydrogen-bond acceptors (Lipinski definition) is 5. The zero-order valence-corrected chi connectivity index (χ0v) is 22.2. The van der Waals surface area contributed by atoms with E-state index in [1.54, 1.807) is 23.0 Å². The molecule has 4 heterocycles. The molecule has 1 aromatic carbocycles. The van der Waals surface area contributed by atoms with Crippen LogP contribution in [-0.2, 0) is 13.1 Å². The number of nitrogens with zero attached hydrogens (tertiary/aromatic N) is 5. The lowest BCUT2D eigenvalue weighted by Crippen LogP contribution is -2.39. The van der Waals surface area contributed by atoms with Crippen LogP contribution in [-0.4, -0.2) is 36.8 Å². The number of carbonyl (C=O) groups excluding carboxylic acids is 1. The Kier molecular flexibility index (Phi) is 6.35. The summed E-state index contributed by atoms with van der Waals surface area (Å²) < 4.78 is 3.67. The molecule has 1 N–H and O–H groups in total. The summed E-state index contributed by atoms with van der Waals surface area (Å²) in [6.07, 6.45) is 6.91. The third-order valence-corrected chi connectivity index (χ3v) is 8.00. The van der Waals surface area contributed by atoms with Gasteiger partial charge < -0.3 is 5.32 Å². The molecule has 1 aliphatic heterocycles. The molecule has 0 atom stereocenters. The second-order valence-electron chi connectivity index (χ2n) is 10.3. The quantitative estimate of drug-likeness (QED) is 0.400. The first-order chi connectivity index (χ1) is 18.4. The van der Waals surface area contributed by atoms with Gasteiger partial charge in [-0.05, 0) is 69.7 Å². The maximum absolute atomic E-state index is 13.7. The number of hydrogen-bond donors (Lipinski definition) is 1. The third-order valence-electron chi connectivity index (χ3n) is 7.80. The lowest BCUT2D eigenvalue weighted by Gasteiger charge is -2.29. The number of nitrogens with one attached hydrogen (secondary N) is 1. The molecule has 0 saturated heterocycles. The second kappa shape index (κ2) is 9.83. The van der Waals surface area contributed by atoms with Crippen LogP contribution < -0.4 is 11.0 Å². The molecule has 0 spiro atoms. The minimum atomic E-state index is -0.135. The number of amides is 1. The molecule has 2 aliphatic rings. The fraction of sp³-hybridized carbons (Fsp3) is 0.345. The van der Waals surface area contributed by atoms with Gasteiger partial charge in [-0.3, -0.25) is 28.9 Å². The minimum absolute atomic E-state index is 0.0528. The Morgan fingerprint density at radius 1 is 1.05 bits per heavy atom. The predicted octanol–water partition coefficient (Wildman–Crippen LogP) is 4.86. The number of aromatic nitrogens is 4. The summed E-state index contributed by atoms with van der Waals surface area (Å²) in [6, 6.07) is 11.7. The van der Waals surface area contributed by atoms with Gasteiger partial charge >= 0.3 is 5.69 Å². The average Bonchev–Trinajstić information content (AvgIpc) is 3.42. The van der Waals surface area contributed by atoms with E-state index >= 15 is 0 Å². The largest absolute Gasteiger partial charge is 0.349 e. The summed E-state index contributed by atoms with van der Waals surface area (Å²) in [5.74, 6) is 0.215. The summed E-state index contributed by atoms with van der Waals surface area (Å²) in [7, 11) is 0. The summed E-state index contributed by atoms with van der Waals surface area (Å²) in [5, 5.41) is 3.60. The summed E-state index contributed by atoms with van der Waals surface area (Å²) in [5.41, 5.74) is 6.59. The molecule has 0 bridgehead atoms. The normalized spacial score (nSPS) is 18.9. The first kappa shape index (κ1) is 24.6. The average molecular weight is 529 g/mol. The molecule has 0 radical (unpaired) electrons. The molecule has 4 aromatic rings. The van der Waals surface area contributed by atoms with Crippen molar-refractivity contribution in [1.82, 2.24) is 24.4 Å². The molecule has 6 rings (SSSR count). The van der Waals surface area contributed by atoms with Crippen molar-refractivity contribution in [1.29, 1.82) is 0 Å². The topological polar surface area (TPSA) is 94.2 Å². The van der Waals surface area contributed by atoms with Crippen LogP contribution in [0.25, 0.3) is 16.7 Å². The summed E-state index contributed by atoms with van der Waals surface area (Å²) in [6.45, 7) is 5.02. The van der Waals surface area contributed by atoms with E-state index in [4.69, 9.17) is 11.6 Å². The van der Waals surface area contributed by atoms with Crippen molar-refractivity contribution in [3.63, 3.8) is 0 Å². The molecular weight excluding hydrogens is 500 g/mol. The van der Waals surface area contributed by atoms with Crippen molar-refractivity contribution >= 4 is 34.3 Å². The van der Waals surface area contributed by atoms with Crippen molar-refractivity contribution in [2.24, 2.45) is 10.9 Å². The summed E-state index contributed by atoms with van der Waals surface area (Å²) >= 11 is 6.04. The van der Waals surface area contributed by atoms with Gasteiger partial charge in [0.15, 0.2) is 0 Å². The van der Waals surface area contributed by atoms with Gasteiger partial charge in [0.05, 0.1) is 57.1 Å². The highest BCUT2D eigenvalue weighted by Crippen LogP contribution is 2.28. The Balaban J connectivity index is 1.19. The Morgan fingerprint density at radius 2 is 1.82 bits per heavy atom. The fourth-order valence-corrected chi connectivity index (χ4v) is 5.89. The molecular formula is C29H29ClN6O2. The van der Waals surface area contributed by atoms with Gasteiger partial charge in [-0.25, -0.2) is 4.79 Å². The van der Waals surface area contributed by atoms with Gasteiger partial charge in [-0.2, -0.15) is 0 Å². The molecule has 9 heteroatoms. The molecule has 38 heavy (non-hydrogen) atoms. The lowest BCUT2D eigenvalue weighted by atomic mass is 9.85. The van der Waals surface area contributed by atoms with Gasteiger partial charge in [-0.1, -0.05) is 23.7 Å². The Bertz CT molecular complexity index is 1640. The molecule has 1 fully saturated rings. The standard InChI is InChI=1S/C29H29ClN6O2/c1-17-24(12-21(30)14-32-17)28(37)34-22-9-7-19(8-10-22)16-35-25-5-3-4-6-26(25)36(29(35)38)23-11-20-13-31-18(2)27(20)33-15-23/h3-6,11-12,14-15,19,22H,7-10,13,16H2,1-2H3,(H,34,37). The van der Waals surface area contributed by atoms with Crippen LogP contribution in [0.5, 0.6) is 0 Å². The number of halogens is 1. The number of imidazole rings is 1. The van der Waals surface area contributed by atoms with E-state index in [0.717, 1.165) is 59.4 Å². The Labute approximate surface area is 225 Å². The van der Waals surface area contributed by atoms with Crippen LogP contribution in [0.1, 0.15) is 59.9 Å². The van der Waals surface area contributed by atoms with E-state index in [1.165, 1.54) is 0 Å². The van der Waals surface area contributed by atoms with E-state index in [1.807, 2.05) is 48.7 Å². The van der Waals surface area contributed by atoms with Crippen LogP contribution in [0.3, 0.4) is 0 Å². The van der Waals surface area contributed by atoms with Crippen molar-refractivity contribution in [3.05, 3.63) is 86.8 Å². The van der Waals surface area contributed by atoms with Gasteiger partial charge in [-0.15, -0.1) is 0 Å². The van der Waals surface area contributed by atoms with E-state index in [-0.39, 0.29) is 17.6 Å². The minimum Gasteiger partial charge on any atom is -0.349 e. The van der Waals surface area contributed by atoms with E-state index < -0.39 is 0 Å². The zero-order chi connectivity index (χ0) is 26.4. The van der Waals surface area contributed by atoms with E-state index in [0.29, 0.717) is 35.3 Å². The first-order valence-electron chi connectivity index (χ1n) is 13.0. The van der Waals surface area contributed by atoms with Gasteiger partial charge in [0.25, 0.3) is 5.91 Å². The number of aryl methyl sites for hydroxylation is 1. The number of fused-ring (bicyclic) bond motifs is 2. The zero-order valence-electron chi connectivity index (χ0n) is 21.4. The molecule has 194 valence electrons. The van der Waals surface area contributed by atoms with Crippen LogP contribution in [0, 0.1) is 12.8 Å². The highest BCUT2D eigenvalue weighted by atomic mass is 35.5. The van der Waals surface area contributed by atoms with Crippen molar-refractivity contribution in [3.8, 4) is 5.69 Å². The van der Waals surface area contributed by atoms with Gasteiger partial charge in [0, 0.05) is 24.3 Å². The molecule has 0 unspecified atom stereocenters. The van der Waals surface area contributed by atoms with Crippen LogP contribution in [0.15, 0.2) is 58.6 Å². The SMILES string of the molecule is CC1=NCc2cc(-n3c(=O)n(CC4CCC(NC(=O)c5cc(Cl)cnc5C)CC4)c4ccccc43)cnc21. The van der Waals surface area contributed by atoms with E-state index in [2.05, 4.69) is 20.3 Å². The number of benzene rings is 1. The number of pyridine rings is 2. The molecule has 3 aromatic heterocycles. The van der Waals surface area contributed by atoms with Crippen LogP contribution >= 0.6 is 11.6 Å². The number of carbonyl (C=O) groups is 1. The fourth-order valence-electron chi connectivity index (χ4n) is 5.73. The molecule has 1 amide bonds. The van der Waals surface area contributed by atoms with Gasteiger partial charge in [0.1, 0.15) is 0 Å². The monoisotopic (exact) mass is 528 g/mol. The number of rotatable bonds is 5. The second-order valence-corrected chi connectivity index (χ2v) is 10.7. The number of para-hydroxylation sites is 2. The maximum atomic E-state index is 13.7. The van der Waals surface area contributed by atoms with Crippen LogP contribution in [0.4, 0.5) is 0 Å². The van der Waals surface area contributed by atoms with Crippen LogP contribution in [0.2, 0.25) is 5.02 Å². The van der Waals surface area contributed by atoms with Crippen molar-refractivity contribution in [2.75, 3.05) is 0 Å². The van der Waals surface area contributed by atoms with E-state index in [9.17, 15) is 9.59 Å². The molecule has 1 aliphatic carbocycles. The smallest absolute Gasteiger partial charge is 0.333 e. The van der Waals surface area contributed by atoms with Crippen molar-refractivity contribution < 1.29 is 4.79 Å². The molecule has 8 nitrogen and oxygen atoms in total. The summed E-state index contributed by atoms with van der Waals surface area (Å²) in [4.78, 5) is 39.8. The number of aliphatic imine (C=N–C) groups is 1. The maximum Gasteiger partial charge on any atom is 0.333 e. The highest BCUT2D eigenvalue weighted by Gasteiger charge is 2.26. The van der Waals surface area contributed by atoms with Gasteiger partial charge in [0.2, 0.25) is 0 Å². The molecule has 1 saturated carbocycles. The Morgan fingerprint density at radius 3 is 2.61 bits per heavy atom. The predicted molar refractivity (Wildman–Crippen MR) is 148 cm³/mol. The lowest BCUT2D eigenvalue weighted by molar-refractivity contribution is 0.0919. The highest BCUT2D eigenvalue weighted by molar-refractivity contribution is 6.30.